The van der Waals surface area contributed by atoms with Gasteiger partial charge in [0.05, 0.1) is 10.6 Å². The van der Waals surface area contributed by atoms with Gasteiger partial charge in [0.25, 0.3) is 10.0 Å². The van der Waals surface area contributed by atoms with E-state index in [-0.39, 0.29) is 29.6 Å². The summed E-state index contributed by atoms with van der Waals surface area (Å²) in [4.78, 5) is 24.9. The van der Waals surface area contributed by atoms with E-state index in [1.54, 1.807) is 55.5 Å². The van der Waals surface area contributed by atoms with Crippen molar-refractivity contribution in [3.63, 3.8) is 0 Å². The van der Waals surface area contributed by atoms with E-state index in [0.717, 1.165) is 6.42 Å². The van der Waals surface area contributed by atoms with Crippen LogP contribution in [0.2, 0.25) is 0 Å². The van der Waals surface area contributed by atoms with Crippen molar-refractivity contribution in [3.05, 3.63) is 59.8 Å². The van der Waals surface area contributed by atoms with Crippen LogP contribution in [-0.4, -0.2) is 30.0 Å². The third-order valence-electron chi connectivity index (χ3n) is 5.30. The highest BCUT2D eigenvalue weighted by Crippen LogP contribution is 2.36. The minimum atomic E-state index is -3.86. The lowest BCUT2D eigenvalue weighted by atomic mass is 10.0. The fourth-order valence-corrected chi connectivity index (χ4v) is 5.09. The van der Waals surface area contributed by atoms with Crippen molar-refractivity contribution in [1.29, 1.82) is 0 Å². The van der Waals surface area contributed by atoms with Gasteiger partial charge in [0.2, 0.25) is 11.8 Å². The van der Waals surface area contributed by atoms with Gasteiger partial charge in [-0.1, -0.05) is 43.7 Å². The summed E-state index contributed by atoms with van der Waals surface area (Å²) in [5.41, 5.74) is 2.82. The lowest BCUT2D eigenvalue weighted by Crippen LogP contribution is -2.14. The molecule has 0 radical (unpaired) electrons. The number of carbonyl (C=O) groups is 2. The van der Waals surface area contributed by atoms with Crippen LogP contribution in [0.15, 0.2) is 53.4 Å². The molecule has 3 aromatic rings. The fraction of sp³-hybridized carbons (Fsp3) is 0.261. The Hall–Kier alpha value is -3.46. The molecule has 9 heteroatoms. The Labute approximate surface area is 186 Å². The predicted octanol–water partition coefficient (Wildman–Crippen LogP) is 3.98. The van der Waals surface area contributed by atoms with Gasteiger partial charge >= 0.3 is 0 Å². The maximum Gasteiger partial charge on any atom is 0.262 e. The Kier molecular flexibility index (Phi) is 5.84. The summed E-state index contributed by atoms with van der Waals surface area (Å²) >= 11 is 0. The maximum absolute atomic E-state index is 13.1. The molecule has 4 rings (SSSR count). The Morgan fingerprint density at radius 2 is 1.84 bits per heavy atom. The second-order valence-electron chi connectivity index (χ2n) is 7.73. The standard InChI is InChI=1S/C23H24N4O4S/c1-3-7-18-22(23-24-20(28)12-13-21(29)27(23)25-18)16-11-10-15(2)19(14-16)32(30,31)26-17-8-5-4-6-9-17/h4-6,8-11,14,26H,3,7,12-13H2,1-2H3,(H,24,28). The molecule has 1 aliphatic rings. The topological polar surface area (TPSA) is 110 Å². The normalized spacial score (nSPS) is 13.9. The van der Waals surface area contributed by atoms with Crippen molar-refractivity contribution in [2.24, 2.45) is 0 Å². The average Bonchev–Trinajstić information content (AvgIpc) is 3.04. The van der Waals surface area contributed by atoms with Crippen molar-refractivity contribution in [2.45, 2.75) is 44.4 Å². The maximum atomic E-state index is 13.1. The van der Waals surface area contributed by atoms with Gasteiger partial charge in [-0.3, -0.25) is 14.3 Å². The third kappa shape index (κ3) is 4.16. The first-order valence-corrected chi connectivity index (χ1v) is 11.9. The van der Waals surface area contributed by atoms with Gasteiger partial charge in [0.15, 0.2) is 0 Å². The molecular weight excluding hydrogens is 428 g/mol. The predicted molar refractivity (Wildman–Crippen MR) is 122 cm³/mol. The van der Waals surface area contributed by atoms with Crippen LogP contribution >= 0.6 is 0 Å². The number of aromatic nitrogens is 2. The van der Waals surface area contributed by atoms with Gasteiger partial charge in [0, 0.05) is 24.1 Å². The molecule has 2 N–H and O–H groups in total. The zero-order valence-corrected chi connectivity index (χ0v) is 18.7. The highest BCUT2D eigenvalue weighted by atomic mass is 32.2. The zero-order chi connectivity index (χ0) is 22.9. The Balaban J connectivity index is 1.85. The zero-order valence-electron chi connectivity index (χ0n) is 17.9. The van der Waals surface area contributed by atoms with Crippen LogP contribution < -0.4 is 10.0 Å². The quantitative estimate of drug-likeness (QED) is 0.588. The number of nitrogens with zero attached hydrogens (tertiary/aromatic N) is 2. The fourth-order valence-electron chi connectivity index (χ4n) is 3.76. The number of rotatable bonds is 6. The molecule has 2 aromatic carbocycles. The van der Waals surface area contributed by atoms with Crippen molar-refractivity contribution in [2.75, 3.05) is 10.0 Å². The van der Waals surface area contributed by atoms with Gasteiger partial charge in [0.1, 0.15) is 5.82 Å². The second-order valence-corrected chi connectivity index (χ2v) is 9.38. The highest BCUT2D eigenvalue weighted by Gasteiger charge is 2.28. The van der Waals surface area contributed by atoms with Crippen LogP contribution in [0.1, 0.15) is 42.2 Å². The van der Waals surface area contributed by atoms with E-state index in [2.05, 4.69) is 15.1 Å². The molecule has 2 heterocycles. The first-order valence-electron chi connectivity index (χ1n) is 10.4. The molecule has 0 atom stereocenters. The number of hydrogen-bond acceptors (Lipinski definition) is 5. The molecule has 0 saturated heterocycles. The molecule has 0 bridgehead atoms. The minimum absolute atomic E-state index is 0.0695. The smallest absolute Gasteiger partial charge is 0.262 e. The van der Waals surface area contributed by atoms with E-state index in [1.165, 1.54) is 4.68 Å². The van der Waals surface area contributed by atoms with Crippen LogP contribution in [0.3, 0.4) is 0 Å². The second kappa shape index (κ2) is 8.58. The minimum Gasteiger partial charge on any atom is -0.310 e. The van der Waals surface area contributed by atoms with Crippen molar-refractivity contribution in [1.82, 2.24) is 9.78 Å². The van der Waals surface area contributed by atoms with E-state index in [4.69, 9.17) is 0 Å². The largest absolute Gasteiger partial charge is 0.310 e. The molecule has 0 aliphatic carbocycles. The monoisotopic (exact) mass is 452 g/mol. The summed E-state index contributed by atoms with van der Waals surface area (Å²) < 4.78 is 30.1. The molecule has 1 aromatic heterocycles. The highest BCUT2D eigenvalue weighted by molar-refractivity contribution is 7.92. The van der Waals surface area contributed by atoms with E-state index >= 15 is 0 Å². The molecule has 0 spiro atoms. The number of benzene rings is 2. The average molecular weight is 453 g/mol. The van der Waals surface area contributed by atoms with Crippen LogP contribution in [0, 0.1) is 6.92 Å². The number of aryl methyl sites for hydroxylation is 2. The number of hydrogen-bond donors (Lipinski definition) is 2. The molecule has 0 fully saturated rings. The molecule has 166 valence electrons. The number of para-hydroxylation sites is 1. The van der Waals surface area contributed by atoms with Gasteiger partial charge in [-0.2, -0.15) is 9.78 Å². The Bertz CT molecular complexity index is 1300. The number of carbonyl (C=O) groups excluding carboxylic acids is 2. The summed E-state index contributed by atoms with van der Waals surface area (Å²) in [6.45, 7) is 3.71. The first-order chi connectivity index (χ1) is 15.3. The van der Waals surface area contributed by atoms with E-state index in [9.17, 15) is 18.0 Å². The van der Waals surface area contributed by atoms with Gasteiger partial charge < -0.3 is 5.32 Å². The summed E-state index contributed by atoms with van der Waals surface area (Å²) in [5.74, 6) is -0.246. The van der Waals surface area contributed by atoms with E-state index in [0.29, 0.717) is 40.3 Å². The van der Waals surface area contributed by atoms with E-state index in [1.807, 2.05) is 6.92 Å². The molecule has 8 nitrogen and oxygen atoms in total. The van der Waals surface area contributed by atoms with Crippen molar-refractivity contribution >= 4 is 33.3 Å². The van der Waals surface area contributed by atoms with Crippen molar-refractivity contribution in [3.8, 4) is 11.1 Å². The van der Waals surface area contributed by atoms with Crippen LogP contribution in [0.5, 0.6) is 0 Å². The number of amides is 1. The number of anilines is 2. The molecule has 32 heavy (non-hydrogen) atoms. The van der Waals surface area contributed by atoms with Crippen molar-refractivity contribution < 1.29 is 18.0 Å². The molecule has 1 aliphatic heterocycles. The molecule has 1 amide bonds. The van der Waals surface area contributed by atoms with Gasteiger partial charge in [-0.25, -0.2) is 8.42 Å². The number of sulfonamides is 1. The lowest BCUT2D eigenvalue weighted by Gasteiger charge is -2.13. The summed E-state index contributed by atoms with van der Waals surface area (Å²) in [7, 11) is -3.86. The van der Waals surface area contributed by atoms with E-state index < -0.39 is 10.0 Å². The number of nitrogens with one attached hydrogen (secondary N) is 2. The summed E-state index contributed by atoms with van der Waals surface area (Å²) in [5, 5.41) is 7.25. The van der Waals surface area contributed by atoms with Crippen LogP contribution in [0.25, 0.3) is 11.1 Å². The van der Waals surface area contributed by atoms with Gasteiger partial charge in [-0.15, -0.1) is 0 Å². The number of fused-ring (bicyclic) bond motifs is 1. The molecular formula is C23H24N4O4S. The SMILES string of the molecule is CCCc1nn2c(c1-c1ccc(C)c(S(=O)(=O)Nc3ccccc3)c1)NC(=O)CCC2=O. The summed E-state index contributed by atoms with van der Waals surface area (Å²) in [6, 6.07) is 13.7. The first kappa shape index (κ1) is 21.8. The molecule has 0 saturated carbocycles. The lowest BCUT2D eigenvalue weighted by molar-refractivity contribution is -0.116. The van der Waals surface area contributed by atoms with Crippen LogP contribution in [-0.2, 0) is 21.2 Å². The third-order valence-corrected chi connectivity index (χ3v) is 6.82. The Morgan fingerprint density at radius 1 is 1.09 bits per heavy atom. The summed E-state index contributed by atoms with van der Waals surface area (Å²) in [6.07, 6.45) is 1.51. The molecule has 0 unspecified atom stereocenters. The van der Waals surface area contributed by atoms with Gasteiger partial charge in [-0.05, 0) is 42.7 Å². The van der Waals surface area contributed by atoms with Crippen LogP contribution in [0.4, 0.5) is 11.5 Å². The Morgan fingerprint density at radius 3 is 2.56 bits per heavy atom.